The third kappa shape index (κ3) is 17.4. The van der Waals surface area contributed by atoms with Crippen LogP contribution in [-0.2, 0) is 0 Å². The molecule has 2 heteroatoms. The molecule has 0 N–H and O–H groups in total. The Bertz CT molecular complexity index is 373. The van der Waals surface area contributed by atoms with E-state index >= 15 is 0 Å². The van der Waals surface area contributed by atoms with Crippen molar-refractivity contribution in [2.75, 3.05) is 46.3 Å². The number of piperazine rings is 1. The van der Waals surface area contributed by atoms with Crippen LogP contribution in [0.1, 0.15) is 149 Å². The highest BCUT2D eigenvalue weighted by Gasteiger charge is 2.27. The van der Waals surface area contributed by atoms with Crippen molar-refractivity contribution in [2.24, 2.45) is 0 Å². The van der Waals surface area contributed by atoms with Crippen molar-refractivity contribution in [3.05, 3.63) is 0 Å². The fraction of sp³-hybridized carbons (Fsp3) is 1.00. The molecule has 0 bridgehead atoms. The second kappa shape index (κ2) is 21.5. The SMILES string of the molecule is CCCCCCCCCCCCCCN1CC[N+](C)(CCCCCCCCCCC)CC1. The zero-order chi connectivity index (χ0) is 23.2. The molecule has 1 saturated heterocycles. The van der Waals surface area contributed by atoms with E-state index in [-0.39, 0.29) is 0 Å². The van der Waals surface area contributed by atoms with Crippen molar-refractivity contribution >= 4 is 0 Å². The minimum Gasteiger partial charge on any atom is -0.324 e. The molecule has 0 atom stereocenters. The lowest BCUT2D eigenvalue weighted by Gasteiger charge is -2.42. The summed E-state index contributed by atoms with van der Waals surface area (Å²) in [5.41, 5.74) is 0. The van der Waals surface area contributed by atoms with Crippen LogP contribution in [-0.4, -0.2) is 55.7 Å². The Labute approximate surface area is 204 Å². The average Bonchev–Trinajstić information content (AvgIpc) is 2.80. The van der Waals surface area contributed by atoms with Gasteiger partial charge in [0.25, 0.3) is 0 Å². The number of hydrogen-bond donors (Lipinski definition) is 0. The minimum absolute atomic E-state index is 1.34. The van der Waals surface area contributed by atoms with Crippen LogP contribution >= 0.6 is 0 Å². The normalized spacial score (nSPS) is 16.6. The minimum atomic E-state index is 1.34. The molecule has 1 rings (SSSR count). The van der Waals surface area contributed by atoms with Gasteiger partial charge in [-0.25, -0.2) is 0 Å². The third-order valence-corrected chi connectivity index (χ3v) is 8.04. The van der Waals surface area contributed by atoms with E-state index in [1.165, 1.54) is 179 Å². The summed E-state index contributed by atoms with van der Waals surface area (Å²) in [6.45, 7) is 12.8. The molecule has 0 aromatic heterocycles. The molecule has 192 valence electrons. The van der Waals surface area contributed by atoms with Gasteiger partial charge in [0.15, 0.2) is 0 Å². The molecule has 0 unspecified atom stereocenters. The van der Waals surface area contributed by atoms with Crippen molar-refractivity contribution in [3.8, 4) is 0 Å². The van der Waals surface area contributed by atoms with Gasteiger partial charge in [0.1, 0.15) is 0 Å². The number of quaternary nitrogens is 1. The molecule has 1 heterocycles. The Hall–Kier alpha value is -0.0800. The number of nitrogens with zero attached hydrogens (tertiary/aromatic N) is 2. The van der Waals surface area contributed by atoms with E-state index < -0.39 is 0 Å². The Morgan fingerprint density at radius 3 is 1.22 bits per heavy atom. The van der Waals surface area contributed by atoms with E-state index in [2.05, 4.69) is 25.8 Å². The second-order valence-corrected chi connectivity index (χ2v) is 11.3. The first-order chi connectivity index (χ1) is 15.7. The first kappa shape index (κ1) is 30.0. The Kier molecular flexibility index (Phi) is 20.1. The van der Waals surface area contributed by atoms with Crippen LogP contribution < -0.4 is 0 Å². The summed E-state index contributed by atoms with van der Waals surface area (Å²) in [6, 6.07) is 0. The summed E-state index contributed by atoms with van der Waals surface area (Å²) < 4.78 is 1.34. The van der Waals surface area contributed by atoms with E-state index in [0.717, 1.165) is 0 Å². The summed E-state index contributed by atoms with van der Waals surface area (Å²) >= 11 is 0. The van der Waals surface area contributed by atoms with Crippen LogP contribution in [0.2, 0.25) is 0 Å². The Morgan fingerprint density at radius 1 is 0.469 bits per heavy atom. The zero-order valence-electron chi connectivity index (χ0n) is 23.0. The van der Waals surface area contributed by atoms with Gasteiger partial charge >= 0.3 is 0 Å². The number of unbranched alkanes of at least 4 members (excludes halogenated alkanes) is 19. The average molecular weight is 452 g/mol. The molecule has 1 fully saturated rings. The van der Waals surface area contributed by atoms with Crippen LogP contribution in [0, 0.1) is 0 Å². The molecule has 0 amide bonds. The number of hydrogen-bond acceptors (Lipinski definition) is 1. The summed E-state index contributed by atoms with van der Waals surface area (Å²) in [4.78, 5) is 2.76. The zero-order valence-corrected chi connectivity index (χ0v) is 23.0. The van der Waals surface area contributed by atoms with Crippen LogP contribution in [0.4, 0.5) is 0 Å². The van der Waals surface area contributed by atoms with E-state index in [1.807, 2.05) is 0 Å². The van der Waals surface area contributed by atoms with Crippen molar-refractivity contribution in [1.82, 2.24) is 4.90 Å². The lowest BCUT2D eigenvalue weighted by molar-refractivity contribution is -0.913. The lowest BCUT2D eigenvalue weighted by atomic mass is 10.1. The summed E-state index contributed by atoms with van der Waals surface area (Å²) in [7, 11) is 2.52. The van der Waals surface area contributed by atoms with Crippen LogP contribution in [0.5, 0.6) is 0 Å². The highest BCUT2D eigenvalue weighted by atomic mass is 15.4. The summed E-state index contributed by atoms with van der Waals surface area (Å²) in [6.07, 6.45) is 30.5. The van der Waals surface area contributed by atoms with Gasteiger partial charge in [-0.15, -0.1) is 0 Å². The standard InChI is InChI=1S/C30H63N2/c1-4-6-8-10-12-14-15-16-17-19-21-23-25-31-26-29-32(3,30-27-31)28-24-22-20-18-13-11-9-7-5-2/h4-30H2,1-3H3/q+1. The van der Waals surface area contributed by atoms with Crippen molar-refractivity contribution in [3.63, 3.8) is 0 Å². The van der Waals surface area contributed by atoms with E-state index in [9.17, 15) is 0 Å². The van der Waals surface area contributed by atoms with Gasteiger partial charge in [0.2, 0.25) is 0 Å². The molecule has 1 aliphatic heterocycles. The van der Waals surface area contributed by atoms with Crippen molar-refractivity contribution in [1.29, 1.82) is 0 Å². The van der Waals surface area contributed by atoms with Gasteiger partial charge in [0.05, 0.1) is 26.7 Å². The monoisotopic (exact) mass is 451 g/mol. The summed E-state index contributed by atoms with van der Waals surface area (Å²) in [5.74, 6) is 0. The van der Waals surface area contributed by atoms with E-state index in [4.69, 9.17) is 0 Å². The van der Waals surface area contributed by atoms with E-state index in [1.54, 1.807) is 0 Å². The quantitative estimate of drug-likeness (QED) is 0.111. The van der Waals surface area contributed by atoms with Gasteiger partial charge in [-0.05, 0) is 25.8 Å². The summed E-state index contributed by atoms with van der Waals surface area (Å²) in [5, 5.41) is 0. The predicted octanol–water partition coefficient (Wildman–Crippen LogP) is 8.98. The molecule has 1 aliphatic rings. The molecule has 0 aliphatic carbocycles. The third-order valence-electron chi connectivity index (χ3n) is 8.04. The number of rotatable bonds is 23. The number of likely N-dealkylation sites (N-methyl/N-ethyl adjacent to an activating group) is 1. The highest BCUT2D eigenvalue weighted by Crippen LogP contribution is 2.16. The molecule has 0 aromatic rings. The smallest absolute Gasteiger partial charge is 0.0914 e. The van der Waals surface area contributed by atoms with Gasteiger partial charge in [-0.2, -0.15) is 0 Å². The Balaban J connectivity index is 1.87. The maximum atomic E-state index is 2.76. The molecule has 0 aromatic carbocycles. The van der Waals surface area contributed by atoms with Crippen LogP contribution in [0.25, 0.3) is 0 Å². The van der Waals surface area contributed by atoms with Crippen LogP contribution in [0.15, 0.2) is 0 Å². The Morgan fingerprint density at radius 2 is 0.812 bits per heavy atom. The molecule has 0 saturated carbocycles. The molecular formula is C30H63N2+. The van der Waals surface area contributed by atoms with Gasteiger partial charge in [-0.1, -0.05) is 129 Å². The highest BCUT2D eigenvalue weighted by molar-refractivity contribution is 4.64. The fourth-order valence-corrected chi connectivity index (χ4v) is 5.42. The molecule has 0 spiro atoms. The van der Waals surface area contributed by atoms with Crippen LogP contribution in [0.3, 0.4) is 0 Å². The van der Waals surface area contributed by atoms with Crippen molar-refractivity contribution < 1.29 is 4.48 Å². The second-order valence-electron chi connectivity index (χ2n) is 11.3. The maximum Gasteiger partial charge on any atom is 0.0914 e. The first-order valence-electron chi connectivity index (χ1n) is 15.3. The fourth-order valence-electron chi connectivity index (χ4n) is 5.42. The molecule has 32 heavy (non-hydrogen) atoms. The topological polar surface area (TPSA) is 3.24 Å². The molecule has 2 nitrogen and oxygen atoms in total. The van der Waals surface area contributed by atoms with Gasteiger partial charge in [0, 0.05) is 13.1 Å². The molecule has 0 radical (unpaired) electrons. The first-order valence-corrected chi connectivity index (χ1v) is 15.3. The largest absolute Gasteiger partial charge is 0.324 e. The molecular weight excluding hydrogens is 388 g/mol. The maximum absolute atomic E-state index is 2.76. The lowest BCUT2D eigenvalue weighted by Crippen LogP contribution is -2.57. The van der Waals surface area contributed by atoms with Gasteiger partial charge in [-0.3, -0.25) is 4.90 Å². The van der Waals surface area contributed by atoms with Crippen molar-refractivity contribution in [2.45, 2.75) is 149 Å². The van der Waals surface area contributed by atoms with Gasteiger partial charge < -0.3 is 4.48 Å². The van der Waals surface area contributed by atoms with E-state index in [0.29, 0.717) is 0 Å². The predicted molar refractivity (Wildman–Crippen MR) is 146 cm³/mol.